The lowest BCUT2D eigenvalue weighted by atomic mass is 10.1. The number of aryl methyl sites for hydroxylation is 2. The Balaban J connectivity index is 1.80. The second kappa shape index (κ2) is 5.79. The first kappa shape index (κ1) is 13.4. The maximum atomic E-state index is 5.52. The second-order valence-electron chi connectivity index (χ2n) is 5.73. The molecular formula is C15H22N4O. The Labute approximate surface area is 119 Å². The van der Waals surface area contributed by atoms with Gasteiger partial charge >= 0.3 is 0 Å². The van der Waals surface area contributed by atoms with Gasteiger partial charge < -0.3 is 4.52 Å². The first-order valence-electron chi connectivity index (χ1n) is 7.37. The zero-order valence-electron chi connectivity index (χ0n) is 12.2. The van der Waals surface area contributed by atoms with Crippen LogP contribution in [0, 0.1) is 6.92 Å². The van der Waals surface area contributed by atoms with Gasteiger partial charge in [0.1, 0.15) is 0 Å². The molecule has 0 radical (unpaired) electrons. The third-order valence-corrected chi connectivity index (χ3v) is 3.98. The summed E-state index contributed by atoms with van der Waals surface area (Å²) in [6, 6.07) is 2.42. The zero-order chi connectivity index (χ0) is 13.9. The van der Waals surface area contributed by atoms with Crippen LogP contribution in [0.3, 0.4) is 0 Å². The van der Waals surface area contributed by atoms with E-state index in [9.17, 15) is 0 Å². The number of rotatable bonds is 3. The van der Waals surface area contributed by atoms with Crippen molar-refractivity contribution in [2.75, 3.05) is 6.54 Å². The van der Waals surface area contributed by atoms with E-state index in [2.05, 4.69) is 27.4 Å². The summed E-state index contributed by atoms with van der Waals surface area (Å²) >= 11 is 0. The molecule has 1 aliphatic rings. The van der Waals surface area contributed by atoms with Gasteiger partial charge in [-0.2, -0.15) is 5.10 Å². The predicted octanol–water partition coefficient (Wildman–Crippen LogP) is 2.83. The largest absolute Gasteiger partial charge is 0.359 e. The van der Waals surface area contributed by atoms with Crippen molar-refractivity contribution in [1.29, 1.82) is 0 Å². The molecule has 0 N–H and O–H groups in total. The quantitative estimate of drug-likeness (QED) is 0.863. The molecule has 5 heteroatoms. The summed E-state index contributed by atoms with van der Waals surface area (Å²) in [6.07, 6.45) is 9.00. The van der Waals surface area contributed by atoms with E-state index in [-0.39, 0.29) is 0 Å². The van der Waals surface area contributed by atoms with Crippen LogP contribution in [0.4, 0.5) is 0 Å². The minimum Gasteiger partial charge on any atom is -0.359 e. The maximum Gasteiger partial charge on any atom is 0.154 e. The molecule has 5 nitrogen and oxygen atoms in total. The highest BCUT2D eigenvalue weighted by Crippen LogP contribution is 2.31. The molecule has 0 spiro atoms. The lowest BCUT2D eigenvalue weighted by Gasteiger charge is -2.27. The van der Waals surface area contributed by atoms with E-state index in [0.717, 1.165) is 31.0 Å². The average molecular weight is 274 g/mol. The zero-order valence-corrected chi connectivity index (χ0v) is 12.2. The molecule has 1 aliphatic heterocycles. The summed E-state index contributed by atoms with van der Waals surface area (Å²) in [5, 5.41) is 8.31. The molecule has 1 fully saturated rings. The van der Waals surface area contributed by atoms with Crippen LogP contribution >= 0.6 is 0 Å². The van der Waals surface area contributed by atoms with Crippen LogP contribution in [0.15, 0.2) is 23.0 Å². The predicted molar refractivity (Wildman–Crippen MR) is 76.1 cm³/mol. The molecule has 3 rings (SSSR count). The molecule has 0 aliphatic carbocycles. The smallest absolute Gasteiger partial charge is 0.154 e. The summed E-state index contributed by atoms with van der Waals surface area (Å²) in [7, 11) is 1.96. The number of likely N-dealkylation sites (tertiary alicyclic amines) is 1. The van der Waals surface area contributed by atoms with Crippen molar-refractivity contribution < 1.29 is 4.52 Å². The normalized spacial score (nSPS) is 21.0. The van der Waals surface area contributed by atoms with Crippen molar-refractivity contribution in [3.8, 4) is 0 Å². The molecule has 0 aromatic carbocycles. The molecule has 2 aromatic rings. The van der Waals surface area contributed by atoms with E-state index < -0.39 is 0 Å². The molecule has 0 unspecified atom stereocenters. The van der Waals surface area contributed by atoms with Crippen LogP contribution in [0.5, 0.6) is 0 Å². The summed E-state index contributed by atoms with van der Waals surface area (Å²) in [4.78, 5) is 2.50. The fraction of sp³-hybridized carbons (Fsp3) is 0.600. The first-order chi connectivity index (χ1) is 9.72. The van der Waals surface area contributed by atoms with Gasteiger partial charge in [0.15, 0.2) is 5.76 Å². The minimum absolute atomic E-state index is 0.346. The van der Waals surface area contributed by atoms with Crippen molar-refractivity contribution in [2.45, 2.75) is 45.2 Å². The van der Waals surface area contributed by atoms with Crippen LogP contribution in [-0.2, 0) is 13.6 Å². The molecule has 3 heterocycles. The second-order valence-corrected chi connectivity index (χ2v) is 5.73. The van der Waals surface area contributed by atoms with Gasteiger partial charge in [-0.15, -0.1) is 0 Å². The van der Waals surface area contributed by atoms with Crippen molar-refractivity contribution in [2.24, 2.45) is 7.05 Å². The highest BCUT2D eigenvalue weighted by Gasteiger charge is 2.26. The Morgan fingerprint density at radius 1 is 1.35 bits per heavy atom. The Hall–Kier alpha value is -1.62. The Morgan fingerprint density at radius 2 is 2.25 bits per heavy atom. The summed E-state index contributed by atoms with van der Waals surface area (Å²) < 4.78 is 7.38. The number of aromatic nitrogens is 3. The lowest BCUT2D eigenvalue weighted by Crippen LogP contribution is -2.27. The van der Waals surface area contributed by atoms with Crippen LogP contribution in [0.1, 0.15) is 48.7 Å². The summed E-state index contributed by atoms with van der Waals surface area (Å²) in [6.45, 7) is 4.02. The SMILES string of the molecule is Cc1cc([C@H]2CCCCCN2Cc2cnn(C)c2)on1. The van der Waals surface area contributed by atoms with Crippen molar-refractivity contribution >= 4 is 0 Å². The third-order valence-electron chi connectivity index (χ3n) is 3.98. The Bertz CT molecular complexity index is 560. The van der Waals surface area contributed by atoms with Crippen molar-refractivity contribution in [3.63, 3.8) is 0 Å². The standard InChI is InChI=1S/C15H22N4O/c1-12-8-15(20-17-12)14-6-4-3-5-7-19(14)11-13-9-16-18(2)10-13/h8-10,14H,3-7,11H2,1-2H3/t14-/m1/s1. The average Bonchev–Trinajstić information content (AvgIpc) is 2.95. The molecule has 108 valence electrons. The lowest BCUT2D eigenvalue weighted by molar-refractivity contribution is 0.160. The van der Waals surface area contributed by atoms with E-state index in [1.165, 1.54) is 24.8 Å². The van der Waals surface area contributed by atoms with Gasteiger partial charge in [-0.1, -0.05) is 18.0 Å². The fourth-order valence-electron chi connectivity index (χ4n) is 3.01. The van der Waals surface area contributed by atoms with Gasteiger partial charge in [-0.3, -0.25) is 9.58 Å². The molecular weight excluding hydrogens is 252 g/mol. The van der Waals surface area contributed by atoms with Gasteiger partial charge in [0.25, 0.3) is 0 Å². The van der Waals surface area contributed by atoms with Gasteiger partial charge in [-0.05, 0) is 26.3 Å². The van der Waals surface area contributed by atoms with Gasteiger partial charge in [0, 0.05) is 31.4 Å². The Morgan fingerprint density at radius 3 is 2.95 bits per heavy atom. The molecule has 1 saturated heterocycles. The molecule has 0 saturated carbocycles. The van der Waals surface area contributed by atoms with E-state index in [4.69, 9.17) is 4.52 Å². The minimum atomic E-state index is 0.346. The maximum absolute atomic E-state index is 5.52. The number of hydrogen-bond donors (Lipinski definition) is 0. The highest BCUT2D eigenvalue weighted by atomic mass is 16.5. The van der Waals surface area contributed by atoms with E-state index in [1.807, 2.05) is 24.9 Å². The van der Waals surface area contributed by atoms with Gasteiger partial charge in [0.2, 0.25) is 0 Å². The molecule has 0 amide bonds. The van der Waals surface area contributed by atoms with E-state index in [0.29, 0.717) is 6.04 Å². The first-order valence-corrected chi connectivity index (χ1v) is 7.37. The van der Waals surface area contributed by atoms with Crippen LogP contribution in [0.2, 0.25) is 0 Å². The fourth-order valence-corrected chi connectivity index (χ4v) is 3.01. The van der Waals surface area contributed by atoms with Gasteiger partial charge in [0.05, 0.1) is 17.9 Å². The van der Waals surface area contributed by atoms with Crippen molar-refractivity contribution in [3.05, 3.63) is 35.5 Å². The van der Waals surface area contributed by atoms with Crippen LogP contribution < -0.4 is 0 Å². The van der Waals surface area contributed by atoms with Gasteiger partial charge in [-0.25, -0.2) is 0 Å². The Kier molecular flexibility index (Phi) is 3.87. The summed E-state index contributed by atoms with van der Waals surface area (Å²) in [5.74, 6) is 1.01. The van der Waals surface area contributed by atoms with Crippen LogP contribution in [-0.4, -0.2) is 26.4 Å². The monoisotopic (exact) mass is 274 g/mol. The molecule has 0 bridgehead atoms. The van der Waals surface area contributed by atoms with E-state index in [1.54, 1.807) is 0 Å². The summed E-state index contributed by atoms with van der Waals surface area (Å²) in [5.41, 5.74) is 2.22. The third kappa shape index (κ3) is 2.93. The molecule has 1 atom stereocenters. The highest BCUT2D eigenvalue weighted by molar-refractivity contribution is 5.10. The van der Waals surface area contributed by atoms with E-state index >= 15 is 0 Å². The number of hydrogen-bond acceptors (Lipinski definition) is 4. The van der Waals surface area contributed by atoms with Crippen LogP contribution in [0.25, 0.3) is 0 Å². The molecule has 2 aromatic heterocycles. The number of nitrogens with zero attached hydrogens (tertiary/aromatic N) is 4. The topological polar surface area (TPSA) is 47.1 Å². The molecule has 20 heavy (non-hydrogen) atoms. The van der Waals surface area contributed by atoms with Crippen molar-refractivity contribution in [1.82, 2.24) is 19.8 Å².